The van der Waals surface area contributed by atoms with E-state index in [1.807, 2.05) is 19.1 Å². The first-order chi connectivity index (χ1) is 13.9. The molecule has 0 aliphatic heterocycles. The largest absolute Gasteiger partial charge is 0.423 e. The molecule has 0 saturated carbocycles. The van der Waals surface area contributed by atoms with Gasteiger partial charge in [0, 0.05) is 17.7 Å². The van der Waals surface area contributed by atoms with Crippen LogP contribution in [0, 0.1) is 17.0 Å². The van der Waals surface area contributed by atoms with Crippen molar-refractivity contribution >= 4 is 23.5 Å². The van der Waals surface area contributed by atoms with E-state index in [0.717, 1.165) is 17.2 Å². The van der Waals surface area contributed by atoms with Gasteiger partial charge in [-0.15, -0.1) is 0 Å². The number of carbonyl (C=O) groups is 2. The fraction of sp³-hybridized carbons (Fsp3) is 0.0435. The molecular formula is C23H17NO5. The average Bonchev–Trinajstić information content (AvgIpc) is 2.73. The van der Waals surface area contributed by atoms with Crippen LogP contribution in [0.25, 0.3) is 6.08 Å². The third kappa shape index (κ3) is 5.23. The van der Waals surface area contributed by atoms with Crippen LogP contribution in [-0.4, -0.2) is 16.7 Å². The van der Waals surface area contributed by atoms with Gasteiger partial charge in [0.05, 0.1) is 10.5 Å². The molecule has 0 aliphatic rings. The minimum atomic E-state index is -0.688. The Bertz CT molecular complexity index is 1080. The van der Waals surface area contributed by atoms with Crippen LogP contribution in [0.3, 0.4) is 0 Å². The third-order valence-corrected chi connectivity index (χ3v) is 4.15. The first-order valence-electron chi connectivity index (χ1n) is 8.78. The van der Waals surface area contributed by atoms with Crippen LogP contribution in [0.15, 0.2) is 78.9 Å². The highest BCUT2D eigenvalue weighted by Crippen LogP contribution is 2.18. The molecule has 0 aromatic heterocycles. The molecule has 0 bridgehead atoms. The Hall–Kier alpha value is -4.06. The highest BCUT2D eigenvalue weighted by molar-refractivity contribution is 6.06. The molecule has 6 nitrogen and oxygen atoms in total. The zero-order chi connectivity index (χ0) is 20.8. The summed E-state index contributed by atoms with van der Waals surface area (Å²) in [6.07, 6.45) is 3.16. The van der Waals surface area contributed by atoms with Gasteiger partial charge in [-0.1, -0.05) is 54.1 Å². The molecule has 0 spiro atoms. The van der Waals surface area contributed by atoms with Gasteiger partial charge in [-0.05, 0) is 36.8 Å². The van der Waals surface area contributed by atoms with Crippen molar-refractivity contribution in [3.63, 3.8) is 0 Å². The van der Waals surface area contributed by atoms with E-state index in [1.54, 1.807) is 42.5 Å². The van der Waals surface area contributed by atoms with Crippen molar-refractivity contribution in [2.75, 3.05) is 0 Å². The first-order valence-corrected chi connectivity index (χ1v) is 8.78. The number of nitrogens with zero attached hydrogens (tertiary/aromatic N) is 1. The van der Waals surface area contributed by atoms with E-state index in [-0.39, 0.29) is 17.0 Å². The van der Waals surface area contributed by atoms with Crippen LogP contribution in [0.4, 0.5) is 5.69 Å². The monoisotopic (exact) mass is 387 g/mol. The van der Waals surface area contributed by atoms with Gasteiger partial charge in [0.1, 0.15) is 5.75 Å². The van der Waals surface area contributed by atoms with Crippen LogP contribution in [0.1, 0.15) is 31.8 Å². The van der Waals surface area contributed by atoms with Crippen LogP contribution in [0.2, 0.25) is 0 Å². The fourth-order valence-electron chi connectivity index (χ4n) is 2.55. The topological polar surface area (TPSA) is 86.5 Å². The van der Waals surface area contributed by atoms with Gasteiger partial charge in [0.2, 0.25) is 0 Å². The minimum Gasteiger partial charge on any atom is -0.423 e. The molecule has 0 radical (unpaired) electrons. The third-order valence-electron chi connectivity index (χ3n) is 4.15. The lowest BCUT2D eigenvalue weighted by atomic mass is 10.1. The lowest BCUT2D eigenvalue weighted by Gasteiger charge is -2.04. The molecular weight excluding hydrogens is 370 g/mol. The molecule has 0 aliphatic carbocycles. The molecule has 0 heterocycles. The van der Waals surface area contributed by atoms with E-state index in [1.165, 1.54) is 24.3 Å². The highest BCUT2D eigenvalue weighted by atomic mass is 16.6. The number of allylic oxidation sites excluding steroid dienone is 1. The number of hydrogen-bond donors (Lipinski definition) is 0. The highest BCUT2D eigenvalue weighted by Gasteiger charge is 2.13. The van der Waals surface area contributed by atoms with Crippen LogP contribution in [0.5, 0.6) is 5.75 Å². The molecule has 3 aromatic rings. The Labute approximate surface area is 167 Å². The summed E-state index contributed by atoms with van der Waals surface area (Å²) in [4.78, 5) is 34.6. The maximum Gasteiger partial charge on any atom is 0.343 e. The number of hydrogen-bond acceptors (Lipinski definition) is 5. The Morgan fingerprint density at radius 1 is 0.931 bits per heavy atom. The zero-order valence-electron chi connectivity index (χ0n) is 15.6. The van der Waals surface area contributed by atoms with Crippen molar-refractivity contribution in [2.45, 2.75) is 6.92 Å². The van der Waals surface area contributed by atoms with E-state index < -0.39 is 10.9 Å². The number of esters is 1. The van der Waals surface area contributed by atoms with Crippen LogP contribution >= 0.6 is 0 Å². The van der Waals surface area contributed by atoms with Gasteiger partial charge in [-0.3, -0.25) is 14.9 Å². The quantitative estimate of drug-likeness (QED) is 0.148. The second kappa shape index (κ2) is 8.75. The number of benzene rings is 3. The SMILES string of the molecule is Cc1ccc(C(=O)C=Cc2ccc(OC(=O)c3cccc([N+](=O)[O-])c3)cc2)cc1. The number of nitro benzene ring substituents is 1. The smallest absolute Gasteiger partial charge is 0.343 e. The van der Waals surface area contributed by atoms with Gasteiger partial charge in [0.15, 0.2) is 5.78 Å². The normalized spacial score (nSPS) is 10.7. The number of ether oxygens (including phenoxy) is 1. The zero-order valence-corrected chi connectivity index (χ0v) is 15.6. The molecule has 6 heteroatoms. The Kier molecular flexibility index (Phi) is 5.94. The molecule has 0 atom stereocenters. The predicted molar refractivity (Wildman–Crippen MR) is 109 cm³/mol. The maximum atomic E-state index is 12.2. The number of rotatable bonds is 6. The molecule has 0 N–H and O–H groups in total. The molecule has 0 amide bonds. The van der Waals surface area contributed by atoms with Crippen molar-refractivity contribution in [3.8, 4) is 5.75 Å². The number of aryl methyl sites for hydroxylation is 1. The standard InChI is InChI=1S/C23H17NO5/c1-16-5-10-18(11-6-16)22(25)14-9-17-7-12-21(13-8-17)29-23(26)19-3-2-4-20(15-19)24(27)28/h2-15H,1H3. The number of nitro groups is 1. The van der Waals surface area contributed by atoms with Crippen molar-refractivity contribution in [2.24, 2.45) is 0 Å². The maximum absolute atomic E-state index is 12.2. The van der Waals surface area contributed by atoms with E-state index in [4.69, 9.17) is 4.74 Å². The second-order valence-corrected chi connectivity index (χ2v) is 6.33. The van der Waals surface area contributed by atoms with E-state index >= 15 is 0 Å². The van der Waals surface area contributed by atoms with Gasteiger partial charge in [-0.2, -0.15) is 0 Å². The fourth-order valence-corrected chi connectivity index (χ4v) is 2.55. The number of non-ortho nitro benzene ring substituents is 1. The van der Waals surface area contributed by atoms with Crippen molar-refractivity contribution in [1.29, 1.82) is 0 Å². The molecule has 144 valence electrons. The minimum absolute atomic E-state index is 0.0897. The predicted octanol–water partition coefficient (Wildman–Crippen LogP) is 5.02. The molecule has 0 saturated heterocycles. The summed E-state index contributed by atoms with van der Waals surface area (Å²) in [5, 5.41) is 10.8. The summed E-state index contributed by atoms with van der Waals surface area (Å²) >= 11 is 0. The van der Waals surface area contributed by atoms with Crippen molar-refractivity contribution in [1.82, 2.24) is 0 Å². The Balaban J connectivity index is 1.64. The first kappa shape index (κ1) is 19.7. The molecule has 3 aromatic carbocycles. The Morgan fingerprint density at radius 3 is 2.28 bits per heavy atom. The van der Waals surface area contributed by atoms with Gasteiger partial charge in [0.25, 0.3) is 5.69 Å². The molecule has 0 fully saturated rings. The van der Waals surface area contributed by atoms with E-state index in [9.17, 15) is 19.7 Å². The lowest BCUT2D eigenvalue weighted by Crippen LogP contribution is -2.08. The van der Waals surface area contributed by atoms with Gasteiger partial charge < -0.3 is 4.74 Å². The lowest BCUT2D eigenvalue weighted by molar-refractivity contribution is -0.384. The number of carbonyl (C=O) groups excluding carboxylic acids is 2. The van der Waals surface area contributed by atoms with Crippen molar-refractivity contribution in [3.05, 3.63) is 111 Å². The van der Waals surface area contributed by atoms with Gasteiger partial charge in [-0.25, -0.2) is 4.79 Å². The Morgan fingerprint density at radius 2 is 1.62 bits per heavy atom. The van der Waals surface area contributed by atoms with Crippen LogP contribution < -0.4 is 4.74 Å². The van der Waals surface area contributed by atoms with E-state index in [2.05, 4.69) is 0 Å². The summed E-state index contributed by atoms with van der Waals surface area (Å²) in [7, 11) is 0. The van der Waals surface area contributed by atoms with E-state index in [0.29, 0.717) is 11.3 Å². The molecule has 3 rings (SSSR count). The summed E-state index contributed by atoms with van der Waals surface area (Å²) < 4.78 is 5.24. The summed E-state index contributed by atoms with van der Waals surface area (Å²) in [5.74, 6) is -0.499. The summed E-state index contributed by atoms with van der Waals surface area (Å²) in [6.45, 7) is 1.96. The van der Waals surface area contributed by atoms with Gasteiger partial charge >= 0.3 is 5.97 Å². The number of ketones is 1. The summed E-state index contributed by atoms with van der Waals surface area (Å²) in [5.41, 5.74) is 2.36. The average molecular weight is 387 g/mol. The molecule has 0 unspecified atom stereocenters. The molecule has 29 heavy (non-hydrogen) atoms. The second-order valence-electron chi connectivity index (χ2n) is 6.33. The summed E-state index contributed by atoms with van der Waals surface area (Å²) in [6, 6.07) is 19.2. The van der Waals surface area contributed by atoms with Crippen LogP contribution in [-0.2, 0) is 0 Å². The van der Waals surface area contributed by atoms with Crippen molar-refractivity contribution < 1.29 is 19.2 Å².